The molecule has 0 atom stereocenters. The molecule has 21 heavy (non-hydrogen) atoms. The molecule has 0 radical (unpaired) electrons. The third kappa shape index (κ3) is 3.06. The van der Waals surface area contributed by atoms with Crippen molar-refractivity contribution in [3.63, 3.8) is 0 Å². The molecule has 1 aliphatic rings. The molecule has 0 spiro atoms. The summed E-state index contributed by atoms with van der Waals surface area (Å²) in [5.41, 5.74) is 2.98. The lowest BCUT2D eigenvalue weighted by Crippen LogP contribution is -2.34. The first kappa shape index (κ1) is 14.8. The standard InChI is InChI=1S/C16H23ClN4/c1-3-20-8-6-13(7-9-20)11-21-15(10-17)19-14-5-4-12(2)18-16(14)21/h4-5,13H,3,6-11H2,1-2H3. The molecular formula is C16H23ClN4. The van der Waals surface area contributed by atoms with E-state index in [-0.39, 0.29) is 0 Å². The van der Waals surface area contributed by atoms with E-state index in [9.17, 15) is 0 Å². The van der Waals surface area contributed by atoms with Crippen molar-refractivity contribution in [2.75, 3.05) is 19.6 Å². The number of imidazole rings is 1. The number of aryl methyl sites for hydroxylation is 1. The number of hydrogen-bond acceptors (Lipinski definition) is 3. The molecule has 2 aromatic heterocycles. The summed E-state index contributed by atoms with van der Waals surface area (Å²) in [6, 6.07) is 4.06. The van der Waals surface area contributed by atoms with Crippen LogP contribution in [0.2, 0.25) is 0 Å². The van der Waals surface area contributed by atoms with Crippen LogP contribution in [-0.4, -0.2) is 39.1 Å². The molecule has 0 unspecified atom stereocenters. The molecular weight excluding hydrogens is 284 g/mol. The third-order valence-electron chi connectivity index (χ3n) is 4.53. The Morgan fingerprint density at radius 2 is 2.00 bits per heavy atom. The van der Waals surface area contributed by atoms with Crippen LogP contribution in [0, 0.1) is 12.8 Å². The van der Waals surface area contributed by atoms with E-state index in [0.717, 1.165) is 35.8 Å². The molecule has 114 valence electrons. The van der Waals surface area contributed by atoms with Crippen LogP contribution in [0.3, 0.4) is 0 Å². The van der Waals surface area contributed by atoms with Gasteiger partial charge in [-0.15, -0.1) is 11.6 Å². The number of hydrogen-bond donors (Lipinski definition) is 0. The van der Waals surface area contributed by atoms with Gasteiger partial charge in [0.1, 0.15) is 11.3 Å². The average molecular weight is 307 g/mol. The van der Waals surface area contributed by atoms with Crippen LogP contribution in [0.1, 0.15) is 31.3 Å². The number of aromatic nitrogens is 3. The molecule has 2 aromatic rings. The zero-order valence-electron chi connectivity index (χ0n) is 12.8. The molecule has 1 fully saturated rings. The van der Waals surface area contributed by atoms with Crippen molar-refractivity contribution in [1.29, 1.82) is 0 Å². The minimum atomic E-state index is 0.448. The molecule has 0 N–H and O–H groups in total. The second-order valence-corrected chi connectivity index (χ2v) is 6.21. The first-order valence-corrected chi connectivity index (χ1v) is 8.35. The van der Waals surface area contributed by atoms with E-state index in [1.165, 1.54) is 25.9 Å². The van der Waals surface area contributed by atoms with Crippen molar-refractivity contribution < 1.29 is 0 Å². The fraction of sp³-hybridized carbons (Fsp3) is 0.625. The monoisotopic (exact) mass is 306 g/mol. The summed E-state index contributed by atoms with van der Waals surface area (Å²) in [5, 5.41) is 0. The number of rotatable bonds is 4. The second-order valence-electron chi connectivity index (χ2n) is 5.95. The predicted octanol–water partition coefficient (Wildman–Crippen LogP) is 3.21. The van der Waals surface area contributed by atoms with Gasteiger partial charge in [-0.2, -0.15) is 0 Å². The highest BCUT2D eigenvalue weighted by atomic mass is 35.5. The van der Waals surface area contributed by atoms with Gasteiger partial charge in [0, 0.05) is 12.2 Å². The van der Waals surface area contributed by atoms with Gasteiger partial charge in [0.05, 0.1) is 5.88 Å². The Morgan fingerprint density at radius 1 is 1.24 bits per heavy atom. The molecule has 3 rings (SSSR count). The Kier molecular flexibility index (Phi) is 4.45. The van der Waals surface area contributed by atoms with Crippen LogP contribution in [0.25, 0.3) is 11.2 Å². The van der Waals surface area contributed by atoms with Gasteiger partial charge in [-0.1, -0.05) is 6.92 Å². The summed E-state index contributed by atoms with van der Waals surface area (Å²) in [7, 11) is 0. The lowest BCUT2D eigenvalue weighted by Gasteiger charge is -2.31. The minimum absolute atomic E-state index is 0.448. The molecule has 0 saturated carbocycles. The van der Waals surface area contributed by atoms with Crippen LogP contribution in [0.15, 0.2) is 12.1 Å². The lowest BCUT2D eigenvalue weighted by atomic mass is 9.96. The van der Waals surface area contributed by atoms with Gasteiger partial charge >= 0.3 is 0 Å². The van der Waals surface area contributed by atoms with Crippen LogP contribution in [-0.2, 0) is 12.4 Å². The highest BCUT2D eigenvalue weighted by molar-refractivity contribution is 6.16. The van der Waals surface area contributed by atoms with E-state index < -0.39 is 0 Å². The van der Waals surface area contributed by atoms with Gasteiger partial charge in [0.2, 0.25) is 0 Å². The van der Waals surface area contributed by atoms with E-state index in [1.807, 2.05) is 19.1 Å². The van der Waals surface area contributed by atoms with E-state index in [1.54, 1.807) is 0 Å². The maximum atomic E-state index is 6.09. The van der Waals surface area contributed by atoms with Gasteiger partial charge in [-0.3, -0.25) is 0 Å². The normalized spacial score (nSPS) is 17.7. The van der Waals surface area contributed by atoms with Crippen molar-refractivity contribution >= 4 is 22.8 Å². The Bertz CT molecular complexity index is 614. The Labute approximate surface area is 131 Å². The molecule has 0 aliphatic carbocycles. The molecule has 0 amide bonds. The molecule has 0 bridgehead atoms. The fourth-order valence-corrected chi connectivity index (χ4v) is 3.38. The zero-order chi connectivity index (χ0) is 14.8. The number of alkyl halides is 1. The van der Waals surface area contributed by atoms with E-state index in [2.05, 4.69) is 26.4 Å². The van der Waals surface area contributed by atoms with Crippen molar-refractivity contribution in [2.24, 2.45) is 5.92 Å². The van der Waals surface area contributed by atoms with E-state index in [0.29, 0.717) is 11.8 Å². The summed E-state index contributed by atoms with van der Waals surface area (Å²) in [4.78, 5) is 11.8. The maximum absolute atomic E-state index is 6.09. The Balaban J connectivity index is 1.84. The quantitative estimate of drug-likeness (QED) is 0.813. The summed E-state index contributed by atoms with van der Waals surface area (Å²) in [6.07, 6.45) is 2.50. The van der Waals surface area contributed by atoms with Gasteiger partial charge in [0.25, 0.3) is 0 Å². The van der Waals surface area contributed by atoms with Gasteiger partial charge in [-0.05, 0) is 57.5 Å². The molecule has 1 aliphatic heterocycles. The number of piperidine rings is 1. The van der Waals surface area contributed by atoms with E-state index >= 15 is 0 Å². The second kappa shape index (κ2) is 6.32. The highest BCUT2D eigenvalue weighted by Gasteiger charge is 2.21. The number of fused-ring (bicyclic) bond motifs is 1. The number of halogens is 1. The van der Waals surface area contributed by atoms with Gasteiger partial charge in [0.15, 0.2) is 5.65 Å². The highest BCUT2D eigenvalue weighted by Crippen LogP contribution is 2.23. The first-order valence-electron chi connectivity index (χ1n) is 7.82. The zero-order valence-corrected chi connectivity index (χ0v) is 13.6. The molecule has 1 saturated heterocycles. The summed E-state index contributed by atoms with van der Waals surface area (Å²) >= 11 is 6.09. The van der Waals surface area contributed by atoms with Crippen molar-refractivity contribution in [2.45, 2.75) is 39.1 Å². The van der Waals surface area contributed by atoms with Crippen molar-refractivity contribution in [1.82, 2.24) is 19.4 Å². The number of likely N-dealkylation sites (tertiary alicyclic amines) is 1. The largest absolute Gasteiger partial charge is 0.311 e. The van der Waals surface area contributed by atoms with Crippen LogP contribution >= 0.6 is 11.6 Å². The summed E-state index contributed by atoms with van der Waals surface area (Å²) < 4.78 is 2.24. The number of pyridine rings is 1. The smallest absolute Gasteiger partial charge is 0.160 e. The van der Waals surface area contributed by atoms with Crippen LogP contribution in [0.4, 0.5) is 0 Å². The predicted molar refractivity (Wildman–Crippen MR) is 86.7 cm³/mol. The molecule has 0 aromatic carbocycles. The topological polar surface area (TPSA) is 34.0 Å². The van der Waals surface area contributed by atoms with Gasteiger partial charge in [-0.25, -0.2) is 9.97 Å². The molecule has 4 nitrogen and oxygen atoms in total. The maximum Gasteiger partial charge on any atom is 0.160 e. The van der Waals surface area contributed by atoms with Crippen molar-refractivity contribution in [3.8, 4) is 0 Å². The van der Waals surface area contributed by atoms with Crippen LogP contribution < -0.4 is 0 Å². The van der Waals surface area contributed by atoms with Gasteiger partial charge < -0.3 is 9.47 Å². The summed E-state index contributed by atoms with van der Waals surface area (Å²) in [5.74, 6) is 2.10. The fourth-order valence-electron chi connectivity index (χ4n) is 3.18. The Morgan fingerprint density at radius 3 is 2.67 bits per heavy atom. The average Bonchev–Trinajstić information content (AvgIpc) is 2.85. The summed E-state index contributed by atoms with van der Waals surface area (Å²) in [6.45, 7) is 8.83. The van der Waals surface area contributed by atoms with Crippen molar-refractivity contribution in [3.05, 3.63) is 23.7 Å². The van der Waals surface area contributed by atoms with E-state index in [4.69, 9.17) is 11.6 Å². The Hall–Kier alpha value is -1.13. The molecule has 3 heterocycles. The molecule has 5 heteroatoms. The third-order valence-corrected chi connectivity index (χ3v) is 4.76. The van der Waals surface area contributed by atoms with Crippen LogP contribution in [0.5, 0.6) is 0 Å². The number of nitrogens with zero attached hydrogens (tertiary/aromatic N) is 4. The first-order chi connectivity index (χ1) is 10.2. The SMILES string of the molecule is CCN1CCC(Cn2c(CCl)nc3ccc(C)nc32)CC1. The lowest BCUT2D eigenvalue weighted by molar-refractivity contribution is 0.181. The minimum Gasteiger partial charge on any atom is -0.311 e.